The Labute approximate surface area is 132 Å². The van der Waals surface area contributed by atoms with E-state index in [9.17, 15) is 9.59 Å². The van der Waals surface area contributed by atoms with Crippen molar-refractivity contribution in [2.45, 2.75) is 0 Å². The van der Waals surface area contributed by atoms with Crippen LogP contribution in [0, 0.1) is 0 Å². The largest absolute Gasteiger partial charge is 0.465 e. The minimum Gasteiger partial charge on any atom is -0.465 e. The summed E-state index contributed by atoms with van der Waals surface area (Å²) in [5.41, 5.74) is 3.33. The van der Waals surface area contributed by atoms with Gasteiger partial charge in [-0.15, -0.1) is 0 Å². The standard InChI is InChI=1S/C17H12ClNO3/c1-22-17(21)11-4-2-10(3-5-11)8-14-13-9-12(18)6-7-15(13)19-16(14)20/h2-9H,1H3,(H,19,20)/b14-8-. The average molecular weight is 314 g/mol. The highest BCUT2D eigenvalue weighted by atomic mass is 35.5. The van der Waals surface area contributed by atoms with Crippen LogP contribution < -0.4 is 5.32 Å². The van der Waals surface area contributed by atoms with Gasteiger partial charge in [0.05, 0.1) is 12.7 Å². The fourth-order valence-corrected chi connectivity index (χ4v) is 2.48. The van der Waals surface area contributed by atoms with Crippen LogP contribution in [0.15, 0.2) is 42.5 Å². The highest BCUT2D eigenvalue weighted by Gasteiger charge is 2.24. The van der Waals surface area contributed by atoms with Crippen molar-refractivity contribution < 1.29 is 14.3 Å². The van der Waals surface area contributed by atoms with Gasteiger partial charge in [0, 0.05) is 21.8 Å². The summed E-state index contributed by atoms with van der Waals surface area (Å²) in [5.74, 6) is -0.566. The quantitative estimate of drug-likeness (QED) is 0.680. The molecule has 0 radical (unpaired) electrons. The molecule has 0 unspecified atom stereocenters. The molecule has 2 aromatic rings. The van der Waals surface area contributed by atoms with E-state index < -0.39 is 5.97 Å². The minimum absolute atomic E-state index is 0.172. The van der Waals surface area contributed by atoms with Gasteiger partial charge in [0.1, 0.15) is 0 Å². The van der Waals surface area contributed by atoms with E-state index in [1.165, 1.54) is 7.11 Å². The van der Waals surface area contributed by atoms with Crippen molar-refractivity contribution in [2.24, 2.45) is 0 Å². The number of anilines is 1. The molecule has 110 valence electrons. The Bertz CT molecular complexity index is 794. The number of amides is 1. The van der Waals surface area contributed by atoms with E-state index in [0.717, 1.165) is 16.8 Å². The fraction of sp³-hybridized carbons (Fsp3) is 0.0588. The third kappa shape index (κ3) is 2.61. The number of nitrogens with one attached hydrogen (secondary N) is 1. The first-order valence-electron chi connectivity index (χ1n) is 6.60. The Morgan fingerprint density at radius 2 is 1.91 bits per heavy atom. The van der Waals surface area contributed by atoms with Crippen LogP contribution in [0.25, 0.3) is 11.6 Å². The molecule has 4 nitrogen and oxygen atoms in total. The van der Waals surface area contributed by atoms with Crippen LogP contribution in [0.4, 0.5) is 5.69 Å². The van der Waals surface area contributed by atoms with Gasteiger partial charge in [0.15, 0.2) is 0 Å². The number of rotatable bonds is 2. The molecule has 1 aliphatic rings. The van der Waals surface area contributed by atoms with E-state index in [1.807, 2.05) is 0 Å². The predicted molar refractivity (Wildman–Crippen MR) is 85.7 cm³/mol. The number of carbonyl (C=O) groups excluding carboxylic acids is 2. The van der Waals surface area contributed by atoms with E-state index in [2.05, 4.69) is 10.1 Å². The van der Waals surface area contributed by atoms with Crippen molar-refractivity contribution in [3.63, 3.8) is 0 Å². The van der Waals surface area contributed by atoms with E-state index in [0.29, 0.717) is 16.2 Å². The van der Waals surface area contributed by atoms with Gasteiger partial charge >= 0.3 is 5.97 Å². The molecule has 0 aromatic heterocycles. The summed E-state index contributed by atoms with van der Waals surface area (Å²) in [4.78, 5) is 23.5. The molecule has 0 atom stereocenters. The highest BCUT2D eigenvalue weighted by Crippen LogP contribution is 2.34. The molecular formula is C17H12ClNO3. The maximum Gasteiger partial charge on any atom is 0.337 e. The maximum atomic E-state index is 12.1. The summed E-state index contributed by atoms with van der Waals surface area (Å²) in [7, 11) is 1.34. The Morgan fingerprint density at radius 1 is 1.18 bits per heavy atom. The second-order valence-electron chi connectivity index (χ2n) is 4.82. The Morgan fingerprint density at radius 3 is 2.59 bits per heavy atom. The van der Waals surface area contributed by atoms with Crippen molar-refractivity contribution in [1.82, 2.24) is 0 Å². The van der Waals surface area contributed by atoms with Crippen molar-refractivity contribution in [3.8, 4) is 0 Å². The number of esters is 1. The first-order valence-corrected chi connectivity index (χ1v) is 6.97. The summed E-state index contributed by atoms with van der Waals surface area (Å²) < 4.78 is 4.65. The zero-order valence-electron chi connectivity index (χ0n) is 11.7. The molecule has 1 aliphatic heterocycles. The number of hydrogen-bond donors (Lipinski definition) is 1. The van der Waals surface area contributed by atoms with Crippen LogP contribution in [0.2, 0.25) is 5.02 Å². The topological polar surface area (TPSA) is 55.4 Å². The zero-order valence-corrected chi connectivity index (χ0v) is 12.5. The number of ether oxygens (including phenoxy) is 1. The smallest absolute Gasteiger partial charge is 0.337 e. The number of methoxy groups -OCH3 is 1. The number of benzene rings is 2. The number of halogens is 1. The van der Waals surface area contributed by atoms with Gasteiger partial charge in [-0.2, -0.15) is 0 Å². The van der Waals surface area contributed by atoms with Gasteiger partial charge in [0.25, 0.3) is 5.91 Å². The normalized spacial score (nSPS) is 14.6. The summed E-state index contributed by atoms with van der Waals surface area (Å²) in [6.07, 6.45) is 1.76. The molecule has 1 N–H and O–H groups in total. The zero-order chi connectivity index (χ0) is 15.7. The molecule has 0 bridgehead atoms. The maximum absolute atomic E-state index is 12.1. The molecule has 0 fully saturated rings. The minimum atomic E-state index is -0.394. The van der Waals surface area contributed by atoms with E-state index >= 15 is 0 Å². The number of fused-ring (bicyclic) bond motifs is 1. The van der Waals surface area contributed by atoms with Crippen LogP contribution in [0.5, 0.6) is 0 Å². The number of carbonyl (C=O) groups is 2. The van der Waals surface area contributed by atoms with Crippen LogP contribution >= 0.6 is 11.6 Å². The lowest BCUT2D eigenvalue weighted by Crippen LogP contribution is -2.03. The van der Waals surface area contributed by atoms with Crippen LogP contribution in [0.3, 0.4) is 0 Å². The van der Waals surface area contributed by atoms with Crippen LogP contribution in [-0.4, -0.2) is 19.0 Å². The molecule has 0 saturated carbocycles. The highest BCUT2D eigenvalue weighted by molar-refractivity contribution is 6.36. The molecule has 1 heterocycles. The van der Waals surface area contributed by atoms with Crippen molar-refractivity contribution in [1.29, 1.82) is 0 Å². The van der Waals surface area contributed by atoms with Gasteiger partial charge in [0.2, 0.25) is 0 Å². The number of hydrogen-bond acceptors (Lipinski definition) is 3. The molecule has 2 aromatic carbocycles. The Kier molecular flexibility index (Phi) is 3.69. The third-order valence-electron chi connectivity index (χ3n) is 3.41. The molecule has 0 saturated heterocycles. The van der Waals surface area contributed by atoms with Crippen LogP contribution in [-0.2, 0) is 9.53 Å². The first kappa shape index (κ1) is 14.4. The van der Waals surface area contributed by atoms with Gasteiger partial charge in [-0.3, -0.25) is 4.79 Å². The molecule has 5 heteroatoms. The van der Waals surface area contributed by atoms with Gasteiger partial charge in [-0.25, -0.2) is 4.79 Å². The second-order valence-corrected chi connectivity index (χ2v) is 5.25. The lowest BCUT2D eigenvalue weighted by molar-refractivity contribution is -0.110. The Hall–Kier alpha value is -2.59. The third-order valence-corrected chi connectivity index (χ3v) is 3.64. The molecule has 1 amide bonds. The predicted octanol–water partition coefficient (Wildman–Crippen LogP) is 3.62. The molecule has 0 aliphatic carbocycles. The lowest BCUT2D eigenvalue weighted by Gasteiger charge is -2.01. The monoisotopic (exact) mass is 313 g/mol. The van der Waals surface area contributed by atoms with Crippen molar-refractivity contribution in [2.75, 3.05) is 12.4 Å². The first-order chi connectivity index (χ1) is 10.6. The lowest BCUT2D eigenvalue weighted by atomic mass is 10.0. The molecular weight excluding hydrogens is 302 g/mol. The summed E-state index contributed by atoms with van der Waals surface area (Å²) in [5, 5.41) is 3.37. The molecule has 3 rings (SSSR count). The SMILES string of the molecule is COC(=O)c1ccc(/C=C2\C(=O)Nc3ccc(Cl)cc32)cc1. The van der Waals surface area contributed by atoms with Gasteiger partial charge < -0.3 is 10.1 Å². The summed E-state index contributed by atoms with van der Waals surface area (Å²) in [6.45, 7) is 0. The summed E-state index contributed by atoms with van der Waals surface area (Å²) >= 11 is 5.99. The average Bonchev–Trinajstić information content (AvgIpc) is 2.83. The fourth-order valence-electron chi connectivity index (χ4n) is 2.30. The molecule has 22 heavy (non-hydrogen) atoms. The second kappa shape index (κ2) is 5.66. The van der Waals surface area contributed by atoms with E-state index in [1.54, 1.807) is 48.5 Å². The molecule has 0 spiro atoms. The summed E-state index contributed by atoms with van der Waals surface area (Å²) in [6, 6.07) is 12.1. The van der Waals surface area contributed by atoms with Crippen molar-refractivity contribution in [3.05, 3.63) is 64.2 Å². The van der Waals surface area contributed by atoms with E-state index in [4.69, 9.17) is 11.6 Å². The van der Waals surface area contributed by atoms with E-state index in [-0.39, 0.29) is 5.91 Å². The van der Waals surface area contributed by atoms with Crippen molar-refractivity contribution >= 4 is 40.8 Å². The Balaban J connectivity index is 1.97. The van der Waals surface area contributed by atoms with Crippen LogP contribution in [0.1, 0.15) is 21.5 Å². The van der Waals surface area contributed by atoms with Gasteiger partial charge in [-0.05, 0) is 42.0 Å². The van der Waals surface area contributed by atoms with Gasteiger partial charge in [-0.1, -0.05) is 23.7 Å².